The van der Waals surface area contributed by atoms with Gasteiger partial charge in [0.25, 0.3) is 5.91 Å². The maximum atomic E-state index is 12.5. The molecule has 0 aliphatic heterocycles. The molecule has 0 atom stereocenters. The Bertz CT molecular complexity index is 1370. The van der Waals surface area contributed by atoms with Crippen LogP contribution in [0.15, 0.2) is 34.2 Å². The number of carbonyl (C=O) groups excluding carboxylic acids is 1. The molecule has 0 fully saturated rings. The summed E-state index contributed by atoms with van der Waals surface area (Å²) >= 11 is 13.1. The number of anilines is 1. The highest BCUT2D eigenvalue weighted by molar-refractivity contribution is 7.92. The summed E-state index contributed by atoms with van der Waals surface area (Å²) in [4.78, 5) is 12.5. The van der Waals surface area contributed by atoms with Crippen molar-refractivity contribution in [2.45, 2.75) is 18.2 Å². The Morgan fingerprint density at radius 3 is 2.58 bits per heavy atom. The zero-order chi connectivity index (χ0) is 22.9. The Morgan fingerprint density at radius 2 is 1.97 bits per heavy atom. The van der Waals surface area contributed by atoms with Crippen LogP contribution < -0.4 is 5.32 Å². The summed E-state index contributed by atoms with van der Waals surface area (Å²) in [6.45, 7) is 3.69. The van der Waals surface area contributed by atoms with Crippen molar-refractivity contribution in [3.8, 4) is 11.8 Å². The molecule has 2 aromatic heterocycles. The third kappa shape index (κ3) is 4.97. The van der Waals surface area contributed by atoms with Crippen LogP contribution in [0.25, 0.3) is 11.8 Å². The number of sulfone groups is 1. The first-order valence-electron chi connectivity index (χ1n) is 8.62. The van der Waals surface area contributed by atoms with E-state index in [1.807, 2.05) is 30.6 Å². The minimum Gasteiger partial charge on any atom is -0.316 e. The van der Waals surface area contributed by atoms with E-state index in [4.69, 9.17) is 23.2 Å². The number of nitrogens with zero attached hydrogens (tertiary/aromatic N) is 4. The quantitative estimate of drug-likeness (QED) is 0.321. The van der Waals surface area contributed by atoms with Crippen LogP contribution in [0.2, 0.25) is 10.0 Å². The van der Waals surface area contributed by atoms with Crippen LogP contribution in [-0.4, -0.2) is 35.3 Å². The molecule has 0 aliphatic rings. The first-order chi connectivity index (χ1) is 14.5. The predicted octanol–water partition coefficient (Wildman–Crippen LogP) is 4.20. The van der Waals surface area contributed by atoms with Gasteiger partial charge in [-0.3, -0.25) is 10.1 Å². The standard InChI is InChI=1S/C19H15Cl2N5O3S2/c1-10-6-12(11(2)26(10)16-8-14(20)4-5-15(16)21)7-13(9-22)17(27)23-18-24-25-19(30-18)31(3,28)29/h4-8H,1-3H3,(H,23,24,27)/b13-7-. The molecule has 12 heteroatoms. The molecular weight excluding hydrogens is 481 g/mol. The first kappa shape index (κ1) is 23.0. The van der Waals surface area contributed by atoms with E-state index in [1.54, 1.807) is 18.2 Å². The molecule has 8 nitrogen and oxygen atoms in total. The molecule has 0 saturated carbocycles. The van der Waals surface area contributed by atoms with Crippen molar-refractivity contribution < 1.29 is 13.2 Å². The Hall–Kier alpha value is -2.71. The van der Waals surface area contributed by atoms with E-state index in [0.29, 0.717) is 32.6 Å². The van der Waals surface area contributed by atoms with Gasteiger partial charge >= 0.3 is 0 Å². The van der Waals surface area contributed by atoms with Crippen molar-refractivity contribution in [2.24, 2.45) is 0 Å². The van der Waals surface area contributed by atoms with Gasteiger partial charge in [0.1, 0.15) is 11.6 Å². The van der Waals surface area contributed by atoms with E-state index in [0.717, 1.165) is 17.6 Å². The van der Waals surface area contributed by atoms with Gasteiger partial charge in [-0.25, -0.2) is 8.42 Å². The van der Waals surface area contributed by atoms with Crippen molar-refractivity contribution >= 4 is 61.5 Å². The van der Waals surface area contributed by atoms with Gasteiger partial charge in [0.05, 0.1) is 10.7 Å². The van der Waals surface area contributed by atoms with E-state index in [2.05, 4.69) is 15.5 Å². The fourth-order valence-electron chi connectivity index (χ4n) is 2.84. The van der Waals surface area contributed by atoms with Crippen LogP contribution in [0, 0.1) is 25.2 Å². The maximum Gasteiger partial charge on any atom is 0.268 e. The first-order valence-corrected chi connectivity index (χ1v) is 12.1. The zero-order valence-electron chi connectivity index (χ0n) is 16.5. The number of nitriles is 1. The fraction of sp³-hybridized carbons (Fsp3) is 0.158. The lowest BCUT2D eigenvalue weighted by Gasteiger charge is -2.12. The van der Waals surface area contributed by atoms with Crippen LogP contribution in [0.4, 0.5) is 5.13 Å². The second-order valence-corrected chi connectivity index (χ2v) is 10.5. The number of nitrogens with one attached hydrogen (secondary N) is 1. The number of aryl methyl sites for hydroxylation is 1. The average molecular weight is 496 g/mol. The molecule has 3 rings (SSSR count). The fourth-order valence-corrected chi connectivity index (χ4v) is 4.71. The number of amides is 1. The van der Waals surface area contributed by atoms with Gasteiger partial charge < -0.3 is 4.57 Å². The molecule has 0 saturated heterocycles. The second-order valence-electron chi connectivity index (χ2n) is 6.53. The van der Waals surface area contributed by atoms with Crippen LogP contribution >= 0.6 is 34.5 Å². The van der Waals surface area contributed by atoms with E-state index in [-0.39, 0.29) is 15.0 Å². The SMILES string of the molecule is Cc1cc(/C=C(/C#N)C(=O)Nc2nnc(S(C)(=O)=O)s2)c(C)n1-c1cc(Cl)ccc1Cl. The molecule has 1 aromatic carbocycles. The molecule has 0 bridgehead atoms. The summed E-state index contributed by atoms with van der Waals surface area (Å²) in [5.41, 5.74) is 2.70. The topological polar surface area (TPSA) is 118 Å². The highest BCUT2D eigenvalue weighted by Gasteiger charge is 2.19. The zero-order valence-corrected chi connectivity index (χ0v) is 19.6. The van der Waals surface area contributed by atoms with Crippen molar-refractivity contribution in [3.63, 3.8) is 0 Å². The number of hydrogen-bond donors (Lipinski definition) is 1. The minimum atomic E-state index is -3.54. The summed E-state index contributed by atoms with van der Waals surface area (Å²) in [5.74, 6) is -0.732. The van der Waals surface area contributed by atoms with E-state index >= 15 is 0 Å². The number of benzene rings is 1. The Labute approximate surface area is 192 Å². The van der Waals surface area contributed by atoms with E-state index in [1.165, 1.54) is 6.08 Å². The Kier molecular flexibility index (Phi) is 6.52. The molecule has 1 N–H and O–H groups in total. The number of carbonyl (C=O) groups is 1. The van der Waals surface area contributed by atoms with Crippen molar-refractivity contribution in [1.29, 1.82) is 5.26 Å². The maximum absolute atomic E-state index is 12.5. The molecule has 31 heavy (non-hydrogen) atoms. The van der Waals surface area contributed by atoms with Gasteiger partial charge in [0.2, 0.25) is 19.3 Å². The molecule has 3 aromatic rings. The van der Waals surface area contributed by atoms with Gasteiger partial charge in [-0.2, -0.15) is 5.26 Å². The van der Waals surface area contributed by atoms with Crippen LogP contribution in [0.3, 0.4) is 0 Å². The molecular formula is C19H15Cl2N5O3S2. The Morgan fingerprint density at radius 1 is 1.26 bits per heavy atom. The minimum absolute atomic E-state index is 0.0252. The summed E-state index contributed by atoms with van der Waals surface area (Å²) in [7, 11) is -3.54. The van der Waals surface area contributed by atoms with Gasteiger partial charge in [-0.15, -0.1) is 10.2 Å². The summed E-state index contributed by atoms with van der Waals surface area (Å²) in [5, 5.41) is 20.0. The number of rotatable bonds is 5. The lowest BCUT2D eigenvalue weighted by atomic mass is 10.1. The monoisotopic (exact) mass is 495 g/mol. The molecule has 0 radical (unpaired) electrons. The third-order valence-corrected chi connectivity index (χ3v) is 7.29. The summed E-state index contributed by atoms with van der Waals surface area (Å²) < 4.78 is 24.7. The summed E-state index contributed by atoms with van der Waals surface area (Å²) in [6, 6.07) is 8.76. The van der Waals surface area contributed by atoms with Crippen molar-refractivity contribution in [2.75, 3.05) is 11.6 Å². The Balaban J connectivity index is 1.94. The van der Waals surface area contributed by atoms with Crippen LogP contribution in [0.5, 0.6) is 0 Å². The highest BCUT2D eigenvalue weighted by atomic mass is 35.5. The van der Waals surface area contributed by atoms with Gasteiger partial charge in [0, 0.05) is 22.7 Å². The van der Waals surface area contributed by atoms with E-state index < -0.39 is 15.7 Å². The van der Waals surface area contributed by atoms with Crippen LogP contribution in [0.1, 0.15) is 17.0 Å². The van der Waals surface area contributed by atoms with Crippen LogP contribution in [-0.2, 0) is 14.6 Å². The molecule has 2 heterocycles. The average Bonchev–Trinajstić information content (AvgIpc) is 3.26. The normalized spacial score (nSPS) is 11.9. The number of halogens is 2. The lowest BCUT2D eigenvalue weighted by Crippen LogP contribution is -2.13. The van der Waals surface area contributed by atoms with E-state index in [9.17, 15) is 18.5 Å². The van der Waals surface area contributed by atoms with Gasteiger partial charge in [-0.1, -0.05) is 34.5 Å². The van der Waals surface area contributed by atoms with Gasteiger partial charge in [-0.05, 0) is 49.8 Å². The van der Waals surface area contributed by atoms with Gasteiger partial charge in [0.15, 0.2) is 0 Å². The molecule has 0 aliphatic carbocycles. The molecule has 0 unspecified atom stereocenters. The second kappa shape index (κ2) is 8.80. The molecule has 160 valence electrons. The number of aromatic nitrogens is 3. The summed E-state index contributed by atoms with van der Waals surface area (Å²) in [6.07, 6.45) is 2.42. The predicted molar refractivity (Wildman–Crippen MR) is 121 cm³/mol. The van der Waals surface area contributed by atoms with Crippen molar-refractivity contribution in [3.05, 3.63) is 56.8 Å². The largest absolute Gasteiger partial charge is 0.316 e. The van der Waals surface area contributed by atoms with Crippen molar-refractivity contribution in [1.82, 2.24) is 14.8 Å². The highest BCUT2D eigenvalue weighted by Crippen LogP contribution is 2.30. The lowest BCUT2D eigenvalue weighted by molar-refractivity contribution is -0.112. The third-order valence-electron chi connectivity index (χ3n) is 4.23. The molecule has 0 spiro atoms. The molecule has 1 amide bonds. The number of hydrogen-bond acceptors (Lipinski definition) is 7. The smallest absolute Gasteiger partial charge is 0.268 e.